The molecule has 0 fully saturated rings. The maximum atomic E-state index is 12.1. The van der Waals surface area contributed by atoms with Gasteiger partial charge in [-0.05, 0) is 12.5 Å². The van der Waals surface area contributed by atoms with Gasteiger partial charge in [0.1, 0.15) is 23.0 Å². The second-order valence-electron chi connectivity index (χ2n) is 4.25. The molecular weight excluding hydrogens is 296 g/mol. The lowest BCUT2D eigenvalue weighted by atomic mass is 10.1. The van der Waals surface area contributed by atoms with Gasteiger partial charge >= 0.3 is 5.97 Å². The quantitative estimate of drug-likeness (QED) is 0.373. The first kappa shape index (κ1) is 14.9. The summed E-state index contributed by atoms with van der Waals surface area (Å²) >= 11 is 5.79. The maximum Gasteiger partial charge on any atom is 0.342 e. The predicted molar refractivity (Wildman–Crippen MR) is 76.2 cm³/mol. The molecule has 7 heteroatoms. The molecule has 108 valence electrons. The summed E-state index contributed by atoms with van der Waals surface area (Å²) in [6, 6.07) is 10.2. The molecule has 0 bridgehead atoms. The summed E-state index contributed by atoms with van der Waals surface area (Å²) in [4.78, 5) is 25.7. The van der Waals surface area contributed by atoms with E-state index in [1.807, 2.05) is 30.3 Å². The molecule has 1 aromatic heterocycles. The minimum absolute atomic E-state index is 0.131. The van der Waals surface area contributed by atoms with E-state index in [1.54, 1.807) is 6.92 Å². The topological polar surface area (TPSA) is 82.3 Å². The first-order valence-electron chi connectivity index (χ1n) is 6.05. The molecule has 0 aliphatic heterocycles. The molecule has 2 aromatic rings. The second kappa shape index (κ2) is 6.32. The highest BCUT2D eigenvalue weighted by atomic mass is 35.5. The zero-order chi connectivity index (χ0) is 15.4. The molecule has 2 rings (SSSR count). The van der Waals surface area contributed by atoms with Gasteiger partial charge in [0.05, 0.1) is 4.92 Å². The van der Waals surface area contributed by atoms with Crippen LogP contribution in [-0.4, -0.2) is 15.9 Å². The fourth-order valence-corrected chi connectivity index (χ4v) is 1.88. The highest BCUT2D eigenvalue weighted by Gasteiger charge is 2.20. The molecule has 0 aliphatic rings. The third kappa shape index (κ3) is 3.55. The molecule has 0 aliphatic carbocycles. The predicted octanol–water partition coefficient (Wildman–Crippen LogP) is 3.56. The van der Waals surface area contributed by atoms with Crippen LogP contribution in [0.15, 0.2) is 42.6 Å². The number of benzene rings is 1. The minimum Gasteiger partial charge on any atom is -0.454 e. The first-order chi connectivity index (χ1) is 9.99. The summed E-state index contributed by atoms with van der Waals surface area (Å²) in [5, 5.41) is 10.6. The van der Waals surface area contributed by atoms with Crippen LogP contribution in [0.1, 0.15) is 28.9 Å². The van der Waals surface area contributed by atoms with Crippen molar-refractivity contribution >= 4 is 23.3 Å². The van der Waals surface area contributed by atoms with Crippen molar-refractivity contribution in [3.8, 4) is 0 Å². The highest BCUT2D eigenvalue weighted by molar-refractivity contribution is 6.32. The third-order valence-corrected chi connectivity index (χ3v) is 3.11. The Morgan fingerprint density at radius 1 is 1.38 bits per heavy atom. The fraction of sp³-hybridized carbons (Fsp3) is 0.143. The number of ether oxygens (including phenoxy) is 1. The van der Waals surface area contributed by atoms with Crippen LogP contribution >= 0.6 is 11.6 Å². The Morgan fingerprint density at radius 2 is 2.05 bits per heavy atom. The molecule has 0 radical (unpaired) electrons. The van der Waals surface area contributed by atoms with Crippen molar-refractivity contribution in [3.05, 3.63) is 69.0 Å². The maximum absolute atomic E-state index is 12.1. The van der Waals surface area contributed by atoms with E-state index in [0.717, 1.165) is 17.8 Å². The monoisotopic (exact) mass is 306 g/mol. The summed E-state index contributed by atoms with van der Waals surface area (Å²) in [6.07, 6.45) is 0.480. The number of carbonyl (C=O) groups is 1. The fourth-order valence-electron chi connectivity index (χ4n) is 1.70. The van der Waals surface area contributed by atoms with Crippen LogP contribution in [0.3, 0.4) is 0 Å². The van der Waals surface area contributed by atoms with Gasteiger partial charge in [0.15, 0.2) is 0 Å². The van der Waals surface area contributed by atoms with Gasteiger partial charge < -0.3 is 4.74 Å². The number of hydrogen-bond donors (Lipinski definition) is 0. The minimum atomic E-state index is -0.757. The molecule has 0 saturated carbocycles. The first-order valence-corrected chi connectivity index (χ1v) is 6.42. The summed E-state index contributed by atoms with van der Waals surface area (Å²) in [6.45, 7) is 1.70. The largest absolute Gasteiger partial charge is 0.454 e. The Kier molecular flexibility index (Phi) is 4.49. The standard InChI is InChI=1S/C14H11ClN2O4/c1-9(10-5-3-2-4-6-10)21-14(18)12-7-11(17(19)20)8-16-13(12)15/h2-9H,1H3. The molecule has 1 heterocycles. The van der Waals surface area contributed by atoms with E-state index in [2.05, 4.69) is 4.98 Å². The Hall–Kier alpha value is -2.47. The number of hydrogen-bond acceptors (Lipinski definition) is 5. The van der Waals surface area contributed by atoms with Crippen molar-refractivity contribution in [1.82, 2.24) is 4.98 Å². The lowest BCUT2D eigenvalue weighted by molar-refractivity contribution is -0.385. The van der Waals surface area contributed by atoms with Gasteiger partial charge in [-0.3, -0.25) is 10.1 Å². The number of nitrogens with zero attached hydrogens (tertiary/aromatic N) is 2. The van der Waals surface area contributed by atoms with Gasteiger partial charge in [-0.2, -0.15) is 0 Å². The third-order valence-electron chi connectivity index (χ3n) is 2.81. The number of halogens is 1. The SMILES string of the molecule is CC(OC(=O)c1cc([N+](=O)[O-])cnc1Cl)c1ccccc1. The molecule has 6 nitrogen and oxygen atoms in total. The van der Waals surface area contributed by atoms with Crippen molar-refractivity contribution in [2.75, 3.05) is 0 Å². The van der Waals surface area contributed by atoms with Crippen LogP contribution in [0.25, 0.3) is 0 Å². The molecule has 0 saturated heterocycles. The molecule has 1 aromatic carbocycles. The lowest BCUT2D eigenvalue weighted by Gasteiger charge is -2.13. The summed E-state index contributed by atoms with van der Waals surface area (Å²) in [5.41, 5.74) is 0.354. The van der Waals surface area contributed by atoms with Crippen molar-refractivity contribution in [2.45, 2.75) is 13.0 Å². The van der Waals surface area contributed by atoms with Crippen LogP contribution in [0, 0.1) is 10.1 Å². The Labute approximate surface area is 125 Å². The second-order valence-corrected chi connectivity index (χ2v) is 4.61. The average molecular weight is 307 g/mol. The van der Waals surface area contributed by atoms with Crippen molar-refractivity contribution in [2.24, 2.45) is 0 Å². The van der Waals surface area contributed by atoms with Gasteiger partial charge in [0.2, 0.25) is 0 Å². The van der Waals surface area contributed by atoms with Crippen molar-refractivity contribution in [3.63, 3.8) is 0 Å². The van der Waals surface area contributed by atoms with Crippen LogP contribution in [0.5, 0.6) is 0 Å². The van der Waals surface area contributed by atoms with Crippen LogP contribution < -0.4 is 0 Å². The summed E-state index contributed by atoms with van der Waals surface area (Å²) in [5.74, 6) is -0.757. The average Bonchev–Trinajstić information content (AvgIpc) is 2.48. The van der Waals surface area contributed by atoms with Gasteiger partial charge in [-0.1, -0.05) is 41.9 Å². The molecule has 1 atom stereocenters. The van der Waals surface area contributed by atoms with E-state index < -0.39 is 17.0 Å². The summed E-state index contributed by atoms with van der Waals surface area (Å²) < 4.78 is 5.25. The molecule has 0 N–H and O–H groups in total. The number of esters is 1. The number of pyridine rings is 1. The molecular formula is C14H11ClN2O4. The normalized spacial score (nSPS) is 11.7. The van der Waals surface area contributed by atoms with Gasteiger partial charge in [-0.25, -0.2) is 9.78 Å². The number of nitro groups is 1. The van der Waals surface area contributed by atoms with Gasteiger partial charge in [-0.15, -0.1) is 0 Å². The summed E-state index contributed by atoms with van der Waals surface area (Å²) in [7, 11) is 0. The number of aromatic nitrogens is 1. The highest BCUT2D eigenvalue weighted by Crippen LogP contribution is 2.23. The molecule has 1 unspecified atom stereocenters. The van der Waals surface area contributed by atoms with Crippen LogP contribution in [0.2, 0.25) is 5.15 Å². The van der Waals surface area contributed by atoms with Gasteiger partial charge in [0, 0.05) is 6.07 Å². The zero-order valence-electron chi connectivity index (χ0n) is 11.0. The van der Waals surface area contributed by atoms with Crippen LogP contribution in [-0.2, 0) is 4.74 Å². The number of carbonyl (C=O) groups excluding carboxylic acids is 1. The molecule has 0 amide bonds. The zero-order valence-corrected chi connectivity index (χ0v) is 11.8. The molecule has 0 spiro atoms. The van der Waals surface area contributed by atoms with E-state index >= 15 is 0 Å². The Bertz CT molecular complexity index is 676. The van der Waals surface area contributed by atoms with Crippen LogP contribution in [0.4, 0.5) is 5.69 Å². The number of rotatable bonds is 4. The van der Waals surface area contributed by atoms with E-state index in [4.69, 9.17) is 16.3 Å². The molecule has 21 heavy (non-hydrogen) atoms. The van der Waals surface area contributed by atoms with Crippen molar-refractivity contribution in [1.29, 1.82) is 0 Å². The van der Waals surface area contributed by atoms with E-state index in [0.29, 0.717) is 0 Å². The van der Waals surface area contributed by atoms with E-state index in [9.17, 15) is 14.9 Å². The Balaban J connectivity index is 2.21. The lowest BCUT2D eigenvalue weighted by Crippen LogP contribution is -2.10. The van der Waals surface area contributed by atoms with Gasteiger partial charge in [0.25, 0.3) is 5.69 Å². The van der Waals surface area contributed by atoms with E-state index in [1.165, 1.54) is 0 Å². The Morgan fingerprint density at radius 3 is 2.67 bits per heavy atom. The van der Waals surface area contributed by atoms with Crippen molar-refractivity contribution < 1.29 is 14.5 Å². The smallest absolute Gasteiger partial charge is 0.342 e. The van der Waals surface area contributed by atoms with E-state index in [-0.39, 0.29) is 16.4 Å².